The third kappa shape index (κ3) is 6.83. The van der Waals surface area contributed by atoms with Gasteiger partial charge in [-0.3, -0.25) is 0 Å². The van der Waals surface area contributed by atoms with Gasteiger partial charge in [0.1, 0.15) is 5.60 Å². The predicted molar refractivity (Wildman–Crippen MR) is 140 cm³/mol. The topological polar surface area (TPSA) is 87.9 Å². The Bertz CT molecular complexity index is 1100. The van der Waals surface area contributed by atoms with E-state index in [4.69, 9.17) is 9.84 Å². The van der Waals surface area contributed by atoms with Gasteiger partial charge in [0.05, 0.1) is 5.69 Å². The zero-order chi connectivity index (χ0) is 25.6. The molecular weight excluding hydrogens is 442 g/mol. The number of carbonyl (C=O) groups is 1. The van der Waals surface area contributed by atoms with E-state index in [1.165, 1.54) is 5.56 Å². The quantitative estimate of drug-likeness (QED) is 0.554. The zero-order valence-corrected chi connectivity index (χ0v) is 22.1. The normalized spacial score (nSPS) is 14.3. The minimum Gasteiger partial charge on any atom is -0.444 e. The number of nitrogens with zero attached hydrogens (tertiary/aromatic N) is 6. The smallest absolute Gasteiger partial charge is 0.410 e. The van der Waals surface area contributed by atoms with Crippen LogP contribution in [-0.4, -0.2) is 62.6 Å². The summed E-state index contributed by atoms with van der Waals surface area (Å²) < 4.78 is 7.30. The molecule has 1 amide bonds. The van der Waals surface area contributed by atoms with Gasteiger partial charge in [0.25, 0.3) is 0 Å². The molecule has 9 heteroatoms. The van der Waals surface area contributed by atoms with Crippen molar-refractivity contribution in [2.24, 2.45) is 0 Å². The number of fused-ring (bicyclic) bond motifs is 1. The highest BCUT2D eigenvalue weighted by molar-refractivity contribution is 5.71. The van der Waals surface area contributed by atoms with Gasteiger partial charge in [0.2, 0.25) is 5.65 Å². The average Bonchev–Trinajstić information content (AvgIpc) is 3.21. The summed E-state index contributed by atoms with van der Waals surface area (Å²) in [6.45, 7) is 13.6. The molecule has 0 bridgehead atoms. The van der Waals surface area contributed by atoms with Gasteiger partial charge in [0, 0.05) is 38.8 Å². The number of rotatable bonds is 5. The molecule has 0 spiro atoms. The van der Waals surface area contributed by atoms with E-state index >= 15 is 0 Å². The van der Waals surface area contributed by atoms with Crippen LogP contribution in [-0.2, 0) is 11.3 Å². The zero-order valence-electron chi connectivity index (χ0n) is 22.1. The number of likely N-dealkylation sites (tertiary alicyclic amines) is 1. The van der Waals surface area contributed by atoms with Gasteiger partial charge < -0.3 is 19.9 Å². The maximum atomic E-state index is 12.4. The van der Waals surface area contributed by atoms with Crippen LogP contribution in [0.3, 0.4) is 0 Å². The number of aromatic nitrogens is 4. The van der Waals surface area contributed by atoms with Gasteiger partial charge >= 0.3 is 6.09 Å². The van der Waals surface area contributed by atoms with E-state index in [1.54, 1.807) is 9.42 Å². The van der Waals surface area contributed by atoms with E-state index in [1.807, 2.05) is 72.9 Å². The van der Waals surface area contributed by atoms with Crippen LogP contribution in [0.4, 0.5) is 16.3 Å². The van der Waals surface area contributed by atoms with Gasteiger partial charge in [0.15, 0.2) is 11.6 Å². The lowest BCUT2D eigenvalue weighted by Gasteiger charge is -2.34. The van der Waals surface area contributed by atoms with Crippen LogP contribution in [0.2, 0.25) is 0 Å². The highest BCUT2D eigenvalue weighted by Gasteiger charge is 2.27. The number of amides is 1. The third-order valence-corrected chi connectivity index (χ3v) is 5.67. The fourth-order valence-electron chi connectivity index (χ4n) is 3.95. The molecule has 0 unspecified atom stereocenters. The predicted octanol–water partition coefficient (Wildman–Crippen LogP) is 4.91. The van der Waals surface area contributed by atoms with E-state index < -0.39 is 5.60 Å². The molecule has 2 aromatic heterocycles. The Morgan fingerprint density at radius 3 is 2.43 bits per heavy atom. The summed E-state index contributed by atoms with van der Waals surface area (Å²) in [5.74, 6) is 1.57. The molecule has 0 atom stereocenters. The monoisotopic (exact) mass is 481 g/mol. The van der Waals surface area contributed by atoms with Crippen molar-refractivity contribution in [3.8, 4) is 0 Å². The molecule has 190 valence electrons. The maximum absolute atomic E-state index is 12.4. The number of anilines is 2. The molecule has 35 heavy (non-hydrogen) atoms. The van der Waals surface area contributed by atoms with Crippen molar-refractivity contribution < 1.29 is 9.53 Å². The van der Waals surface area contributed by atoms with Crippen molar-refractivity contribution in [1.29, 1.82) is 0 Å². The largest absolute Gasteiger partial charge is 0.444 e. The highest BCUT2D eigenvalue weighted by atomic mass is 16.6. The van der Waals surface area contributed by atoms with Crippen LogP contribution in [0.15, 0.2) is 36.4 Å². The average molecular weight is 482 g/mol. The first-order chi connectivity index (χ1) is 16.7. The minimum atomic E-state index is -0.484. The first-order valence-electron chi connectivity index (χ1n) is 12.4. The van der Waals surface area contributed by atoms with Crippen LogP contribution >= 0.6 is 0 Å². The number of carbonyl (C=O) groups excluding carboxylic acids is 1. The highest BCUT2D eigenvalue weighted by Crippen LogP contribution is 2.25. The summed E-state index contributed by atoms with van der Waals surface area (Å²) in [4.78, 5) is 16.3. The van der Waals surface area contributed by atoms with Crippen molar-refractivity contribution >= 4 is 23.2 Å². The third-order valence-electron chi connectivity index (χ3n) is 5.67. The van der Waals surface area contributed by atoms with Crippen molar-refractivity contribution in [2.45, 2.75) is 72.6 Å². The lowest BCUT2D eigenvalue weighted by molar-refractivity contribution is 0.0210. The van der Waals surface area contributed by atoms with Gasteiger partial charge in [-0.05, 0) is 46.1 Å². The molecule has 0 radical (unpaired) electrons. The molecule has 1 aromatic carbocycles. The molecule has 0 aliphatic carbocycles. The van der Waals surface area contributed by atoms with Crippen LogP contribution in [0.5, 0.6) is 0 Å². The molecule has 3 heterocycles. The number of aryl methyl sites for hydroxylation is 1. The maximum Gasteiger partial charge on any atom is 0.410 e. The Kier molecular flexibility index (Phi) is 8.53. The second-order valence-corrected chi connectivity index (χ2v) is 9.63. The lowest BCUT2D eigenvalue weighted by Crippen LogP contribution is -2.44. The number of piperidine rings is 1. The number of hydrogen-bond donors (Lipinski definition) is 1. The summed E-state index contributed by atoms with van der Waals surface area (Å²) in [6.07, 6.45) is 1.41. The fourth-order valence-corrected chi connectivity index (χ4v) is 3.95. The number of benzene rings is 1. The molecule has 1 fully saturated rings. The standard InChI is InChI=1S/C24H33N7O2.C2H6/c1-17-26-27-22-20(25-19-11-13-30(14-12-19)23(32)33-24(2,3)4)15-21(28-31(17)22)29(5)16-18-9-7-6-8-10-18;1-2/h6-10,15,19,25H,11-14,16H2,1-5H3;1-2H3. The van der Waals surface area contributed by atoms with Crippen molar-refractivity contribution in [3.63, 3.8) is 0 Å². The van der Waals surface area contributed by atoms with Gasteiger partial charge in [-0.1, -0.05) is 44.2 Å². The van der Waals surface area contributed by atoms with Crippen LogP contribution in [0.1, 0.15) is 58.8 Å². The minimum absolute atomic E-state index is 0.221. The van der Waals surface area contributed by atoms with Crippen molar-refractivity contribution in [3.05, 3.63) is 47.8 Å². The van der Waals surface area contributed by atoms with Crippen molar-refractivity contribution in [1.82, 2.24) is 24.7 Å². The summed E-state index contributed by atoms with van der Waals surface area (Å²) in [7, 11) is 2.03. The van der Waals surface area contributed by atoms with Crippen LogP contribution in [0.25, 0.3) is 5.65 Å². The summed E-state index contributed by atoms with van der Waals surface area (Å²) in [5, 5.41) is 17.0. The van der Waals surface area contributed by atoms with E-state index in [9.17, 15) is 4.79 Å². The number of hydrogen-bond acceptors (Lipinski definition) is 7. The molecule has 1 N–H and O–H groups in total. The lowest BCUT2D eigenvalue weighted by atomic mass is 10.1. The number of nitrogens with one attached hydrogen (secondary N) is 1. The van der Waals surface area contributed by atoms with E-state index in [0.717, 1.165) is 36.7 Å². The van der Waals surface area contributed by atoms with Crippen molar-refractivity contribution in [2.75, 3.05) is 30.4 Å². The summed E-state index contributed by atoms with van der Waals surface area (Å²) >= 11 is 0. The second kappa shape index (κ2) is 11.4. The summed E-state index contributed by atoms with van der Waals surface area (Å²) in [6, 6.07) is 12.6. The van der Waals surface area contributed by atoms with E-state index in [2.05, 4.69) is 32.5 Å². The summed E-state index contributed by atoms with van der Waals surface area (Å²) in [5.41, 5.74) is 2.34. The van der Waals surface area contributed by atoms with Crippen LogP contribution in [0, 0.1) is 6.92 Å². The molecule has 3 aromatic rings. The first-order valence-corrected chi connectivity index (χ1v) is 12.4. The second-order valence-electron chi connectivity index (χ2n) is 9.63. The Labute approximate surface area is 208 Å². The van der Waals surface area contributed by atoms with E-state index in [0.29, 0.717) is 18.7 Å². The fraction of sp³-hybridized carbons (Fsp3) is 0.538. The van der Waals surface area contributed by atoms with Gasteiger partial charge in [-0.25, -0.2) is 4.79 Å². The Hall–Kier alpha value is -3.36. The molecule has 0 saturated carbocycles. The Morgan fingerprint density at radius 2 is 1.80 bits per heavy atom. The molecule has 4 rings (SSSR count). The molecule has 1 aliphatic rings. The Morgan fingerprint density at radius 1 is 1.14 bits per heavy atom. The van der Waals surface area contributed by atoms with E-state index in [-0.39, 0.29) is 12.1 Å². The Balaban J connectivity index is 0.00000167. The molecule has 1 aliphatic heterocycles. The van der Waals surface area contributed by atoms with Gasteiger partial charge in [-0.15, -0.1) is 15.3 Å². The molecule has 1 saturated heterocycles. The van der Waals surface area contributed by atoms with Gasteiger partial charge in [-0.2, -0.15) is 4.52 Å². The van der Waals surface area contributed by atoms with Crippen LogP contribution < -0.4 is 10.2 Å². The number of ether oxygens (including phenoxy) is 1. The molecular formula is C26H39N7O2. The SMILES string of the molecule is CC.Cc1nnc2c(NC3CCN(C(=O)OC(C)(C)C)CC3)cc(N(C)Cc3ccccc3)nn12. The molecule has 9 nitrogen and oxygen atoms in total. The first kappa shape index (κ1) is 26.2.